The molecular weight excluding hydrogens is 425 g/mol. The number of hydrogen-bond donors (Lipinski definition) is 0. The Morgan fingerprint density at radius 1 is 0.906 bits per heavy atom. The third-order valence-corrected chi connectivity index (χ3v) is 4.21. The zero-order valence-corrected chi connectivity index (χ0v) is 16.8. The number of esters is 1. The van der Waals surface area contributed by atoms with Gasteiger partial charge in [-0.1, -0.05) is 48.5 Å². The monoisotopic (exact) mass is 444 g/mol. The highest BCUT2D eigenvalue weighted by molar-refractivity contribution is 5.93. The fraction of sp³-hybridized carbons (Fsp3) is 0.174. The Morgan fingerprint density at radius 2 is 1.56 bits per heavy atom. The van der Waals surface area contributed by atoms with Crippen LogP contribution in [-0.2, 0) is 16.1 Å². The lowest BCUT2D eigenvalue weighted by atomic mass is 10.2. The van der Waals surface area contributed by atoms with E-state index >= 15 is 0 Å². The first-order valence-electron chi connectivity index (χ1n) is 9.55. The van der Waals surface area contributed by atoms with Crippen molar-refractivity contribution >= 4 is 11.9 Å². The van der Waals surface area contributed by atoms with E-state index in [4.69, 9.17) is 9.47 Å². The molecule has 3 aromatic rings. The fourth-order valence-electron chi connectivity index (χ4n) is 2.78. The highest BCUT2D eigenvalue weighted by Crippen LogP contribution is 2.23. The smallest absolute Gasteiger partial charge is 0.406 e. The van der Waals surface area contributed by atoms with Crippen molar-refractivity contribution in [1.29, 1.82) is 0 Å². The predicted molar refractivity (Wildman–Crippen MR) is 109 cm³/mol. The van der Waals surface area contributed by atoms with Crippen LogP contribution in [-0.4, -0.2) is 41.1 Å². The van der Waals surface area contributed by atoms with Crippen LogP contribution in [0.1, 0.15) is 15.9 Å². The van der Waals surface area contributed by atoms with Crippen molar-refractivity contribution in [2.24, 2.45) is 0 Å². The zero-order chi connectivity index (χ0) is 23.0. The molecule has 1 aromatic heterocycles. The zero-order valence-electron chi connectivity index (χ0n) is 16.8. The Labute approximate surface area is 182 Å². The van der Waals surface area contributed by atoms with Gasteiger partial charge in [-0.2, -0.15) is 13.2 Å². The lowest BCUT2D eigenvalue weighted by Crippen LogP contribution is -2.40. The topological polar surface area (TPSA) is 68.7 Å². The molecule has 3 rings (SSSR count). The number of alkyl halides is 3. The number of nitrogens with zero attached hydrogens (tertiary/aromatic N) is 2. The number of para-hydroxylation sites is 1. The second kappa shape index (κ2) is 10.4. The summed E-state index contributed by atoms with van der Waals surface area (Å²) in [7, 11) is 0. The molecule has 166 valence electrons. The van der Waals surface area contributed by atoms with Crippen molar-refractivity contribution in [3.8, 4) is 11.6 Å². The summed E-state index contributed by atoms with van der Waals surface area (Å²) in [6, 6.07) is 19.7. The Balaban J connectivity index is 1.67. The van der Waals surface area contributed by atoms with E-state index < -0.39 is 31.2 Å². The maximum Gasteiger partial charge on any atom is 0.406 e. The van der Waals surface area contributed by atoms with E-state index in [0.717, 1.165) is 0 Å². The molecule has 2 aromatic carbocycles. The molecule has 1 heterocycles. The SMILES string of the molecule is O=C(OCC(=O)N(Cc1ccccc1)CC(F)(F)F)c1cccnc1Oc1ccccc1. The number of amides is 1. The number of benzene rings is 2. The van der Waals surface area contributed by atoms with Crippen LogP contribution in [0.4, 0.5) is 13.2 Å². The van der Waals surface area contributed by atoms with E-state index in [1.54, 1.807) is 60.7 Å². The lowest BCUT2D eigenvalue weighted by Gasteiger charge is -2.24. The molecule has 9 heteroatoms. The molecule has 0 aliphatic carbocycles. The summed E-state index contributed by atoms with van der Waals surface area (Å²) >= 11 is 0. The number of halogens is 3. The Kier molecular flexibility index (Phi) is 7.43. The molecule has 0 fully saturated rings. The van der Waals surface area contributed by atoms with E-state index in [-0.39, 0.29) is 18.0 Å². The van der Waals surface area contributed by atoms with Crippen LogP contribution in [0.3, 0.4) is 0 Å². The van der Waals surface area contributed by atoms with Crippen LogP contribution >= 0.6 is 0 Å². The molecular formula is C23H19F3N2O4. The Morgan fingerprint density at radius 3 is 2.22 bits per heavy atom. The second-order valence-electron chi connectivity index (χ2n) is 6.70. The maximum atomic E-state index is 13.0. The molecule has 0 saturated heterocycles. The molecule has 0 unspecified atom stereocenters. The van der Waals surface area contributed by atoms with Crippen LogP contribution in [0.5, 0.6) is 11.6 Å². The first-order chi connectivity index (χ1) is 15.3. The van der Waals surface area contributed by atoms with Crippen molar-refractivity contribution in [1.82, 2.24) is 9.88 Å². The number of ether oxygens (including phenoxy) is 2. The summed E-state index contributed by atoms with van der Waals surface area (Å²) in [4.78, 5) is 29.5. The third-order valence-electron chi connectivity index (χ3n) is 4.21. The summed E-state index contributed by atoms with van der Waals surface area (Å²) in [5, 5.41) is 0. The van der Waals surface area contributed by atoms with Crippen LogP contribution in [0.15, 0.2) is 79.0 Å². The van der Waals surface area contributed by atoms with Gasteiger partial charge in [-0.15, -0.1) is 0 Å². The van der Waals surface area contributed by atoms with Gasteiger partial charge in [-0.3, -0.25) is 4.79 Å². The van der Waals surface area contributed by atoms with Gasteiger partial charge in [0.1, 0.15) is 17.9 Å². The fourth-order valence-corrected chi connectivity index (χ4v) is 2.78. The standard InChI is InChI=1S/C23H19F3N2O4/c24-23(25,26)16-28(14-17-8-3-1-4-9-17)20(29)15-31-22(30)19-12-7-13-27-21(19)32-18-10-5-2-6-11-18/h1-13H,14-16H2. The number of carbonyl (C=O) groups excluding carboxylic acids is 2. The number of rotatable bonds is 8. The number of pyridine rings is 1. The number of carbonyl (C=O) groups is 2. The van der Waals surface area contributed by atoms with Gasteiger partial charge in [0.2, 0.25) is 5.88 Å². The molecule has 32 heavy (non-hydrogen) atoms. The average molecular weight is 444 g/mol. The number of hydrogen-bond acceptors (Lipinski definition) is 5. The van der Waals surface area contributed by atoms with Gasteiger partial charge in [0.05, 0.1) is 0 Å². The Hall–Kier alpha value is -3.88. The first kappa shape index (κ1) is 22.8. The van der Waals surface area contributed by atoms with Gasteiger partial charge in [0.25, 0.3) is 5.91 Å². The van der Waals surface area contributed by atoms with Crippen molar-refractivity contribution in [3.63, 3.8) is 0 Å². The van der Waals surface area contributed by atoms with Gasteiger partial charge in [-0.25, -0.2) is 9.78 Å². The van der Waals surface area contributed by atoms with Gasteiger partial charge >= 0.3 is 12.1 Å². The van der Waals surface area contributed by atoms with Gasteiger partial charge in [-0.05, 0) is 29.8 Å². The van der Waals surface area contributed by atoms with Gasteiger partial charge < -0.3 is 14.4 Å². The third kappa shape index (κ3) is 6.83. The Bertz CT molecular complexity index is 1040. The minimum absolute atomic E-state index is 0.0485. The van der Waals surface area contributed by atoms with Crippen LogP contribution in [0, 0.1) is 0 Å². The molecule has 0 atom stereocenters. The normalized spacial score (nSPS) is 11.0. The highest BCUT2D eigenvalue weighted by Gasteiger charge is 2.33. The van der Waals surface area contributed by atoms with Gasteiger partial charge in [0, 0.05) is 12.7 Å². The van der Waals surface area contributed by atoms with E-state index in [1.807, 2.05) is 0 Å². The molecule has 0 bridgehead atoms. The summed E-state index contributed by atoms with van der Waals surface area (Å²) in [6.07, 6.45) is -3.19. The van der Waals surface area contributed by atoms with Gasteiger partial charge in [0.15, 0.2) is 6.61 Å². The van der Waals surface area contributed by atoms with E-state index in [1.165, 1.54) is 18.3 Å². The van der Waals surface area contributed by atoms with Crippen LogP contribution in [0.25, 0.3) is 0 Å². The molecule has 0 radical (unpaired) electrons. The average Bonchev–Trinajstić information content (AvgIpc) is 2.77. The molecule has 0 saturated carbocycles. The summed E-state index contributed by atoms with van der Waals surface area (Å²) < 4.78 is 49.5. The number of aromatic nitrogens is 1. The largest absolute Gasteiger partial charge is 0.452 e. The lowest BCUT2D eigenvalue weighted by molar-refractivity contribution is -0.164. The molecule has 6 nitrogen and oxygen atoms in total. The minimum atomic E-state index is -4.60. The molecule has 0 N–H and O–H groups in total. The summed E-state index contributed by atoms with van der Waals surface area (Å²) in [6.45, 7) is -2.60. The minimum Gasteiger partial charge on any atom is -0.452 e. The quantitative estimate of drug-likeness (QED) is 0.474. The van der Waals surface area contributed by atoms with Crippen molar-refractivity contribution < 1.29 is 32.2 Å². The van der Waals surface area contributed by atoms with Crippen LogP contribution in [0.2, 0.25) is 0 Å². The first-order valence-corrected chi connectivity index (χ1v) is 9.55. The van der Waals surface area contributed by atoms with Crippen molar-refractivity contribution in [3.05, 3.63) is 90.1 Å². The molecule has 0 spiro atoms. The maximum absolute atomic E-state index is 13.0. The molecule has 0 aliphatic heterocycles. The van der Waals surface area contributed by atoms with E-state index in [2.05, 4.69) is 4.98 Å². The van der Waals surface area contributed by atoms with Crippen molar-refractivity contribution in [2.45, 2.75) is 12.7 Å². The predicted octanol–water partition coefficient (Wildman–Crippen LogP) is 4.62. The van der Waals surface area contributed by atoms with E-state index in [9.17, 15) is 22.8 Å². The summed E-state index contributed by atoms with van der Waals surface area (Å²) in [5.74, 6) is -1.54. The second-order valence-corrected chi connectivity index (χ2v) is 6.70. The molecule has 1 amide bonds. The highest BCUT2D eigenvalue weighted by atomic mass is 19.4. The molecule has 0 aliphatic rings. The summed E-state index contributed by atoms with van der Waals surface area (Å²) in [5.41, 5.74) is 0.455. The van der Waals surface area contributed by atoms with E-state index in [0.29, 0.717) is 16.2 Å². The van der Waals surface area contributed by atoms with Crippen molar-refractivity contribution in [2.75, 3.05) is 13.2 Å². The van der Waals surface area contributed by atoms with Crippen LogP contribution < -0.4 is 4.74 Å².